The van der Waals surface area contributed by atoms with Crippen LogP contribution in [-0.4, -0.2) is 0 Å². The Labute approximate surface area is 95.5 Å². The van der Waals surface area contributed by atoms with Crippen molar-refractivity contribution in [2.45, 2.75) is 0 Å². The third-order valence-corrected chi connectivity index (χ3v) is 1.57. The van der Waals surface area contributed by atoms with E-state index in [4.69, 9.17) is 0 Å². The largest absolute Gasteiger partial charge is 1.00 e. The van der Waals surface area contributed by atoms with E-state index in [2.05, 4.69) is 24.3 Å². The molecule has 0 nitrogen and oxygen atoms in total. The summed E-state index contributed by atoms with van der Waals surface area (Å²) in [5.74, 6) is 0. The smallest absolute Gasteiger partial charge is 0 e. The summed E-state index contributed by atoms with van der Waals surface area (Å²) in [5.41, 5.74) is 0. The standard InChI is InChI=1S/C10H7.BrH.Zn/c1-2-6-10-8-4-3-7-9(10)5-1;;/h1-7H;1H;/p-1. The summed E-state index contributed by atoms with van der Waals surface area (Å²) < 4.78 is 0. The first-order valence-electron chi connectivity index (χ1n) is 3.32. The Kier molecular flexibility index (Phi) is 5.36. The first-order chi connectivity index (χ1) is 4.97. The van der Waals surface area contributed by atoms with Crippen molar-refractivity contribution in [3.63, 3.8) is 0 Å². The van der Waals surface area contributed by atoms with E-state index in [1.807, 2.05) is 24.3 Å². The molecule has 2 rings (SSSR count). The molecule has 0 N–H and O–H groups in total. The van der Waals surface area contributed by atoms with Crippen molar-refractivity contribution in [1.29, 1.82) is 0 Å². The zero-order valence-electron chi connectivity index (χ0n) is 6.63. The number of hydrogen-bond acceptors (Lipinski definition) is 0. The van der Waals surface area contributed by atoms with E-state index in [1.165, 1.54) is 10.8 Å². The minimum atomic E-state index is 0. The summed E-state index contributed by atoms with van der Waals surface area (Å²) in [6.45, 7) is 0. The van der Waals surface area contributed by atoms with E-state index in [1.54, 1.807) is 0 Å². The van der Waals surface area contributed by atoms with Crippen LogP contribution in [0.2, 0.25) is 0 Å². The van der Waals surface area contributed by atoms with Crippen LogP contribution in [0.25, 0.3) is 10.8 Å². The second kappa shape index (κ2) is 5.45. The molecular formula is C10H7BrZn-. The molecule has 0 saturated heterocycles. The number of rotatable bonds is 0. The van der Waals surface area contributed by atoms with E-state index < -0.39 is 0 Å². The Morgan fingerprint density at radius 1 is 0.917 bits per heavy atom. The molecule has 0 aliphatic carbocycles. The summed E-state index contributed by atoms with van der Waals surface area (Å²) in [5, 5.41) is 2.44. The van der Waals surface area contributed by atoms with Gasteiger partial charge in [-0.25, -0.2) is 0 Å². The molecule has 57 valence electrons. The molecule has 1 radical (unpaired) electrons. The molecule has 2 heteroatoms. The van der Waals surface area contributed by atoms with Gasteiger partial charge in [-0.3, -0.25) is 0 Å². The molecule has 12 heavy (non-hydrogen) atoms. The van der Waals surface area contributed by atoms with E-state index in [9.17, 15) is 0 Å². The molecule has 0 aliphatic heterocycles. The van der Waals surface area contributed by atoms with Crippen molar-refractivity contribution in [3.05, 3.63) is 48.5 Å². The summed E-state index contributed by atoms with van der Waals surface area (Å²) in [6, 6.07) is 17.4. The van der Waals surface area contributed by atoms with Crippen LogP contribution in [0.5, 0.6) is 0 Å². The van der Waals surface area contributed by atoms with Crippen LogP contribution >= 0.6 is 0 Å². The van der Waals surface area contributed by atoms with Crippen LogP contribution in [0.3, 0.4) is 0 Å². The molecule has 0 atom stereocenters. The second-order valence-corrected chi connectivity index (χ2v) is 2.26. The Hall–Kier alpha value is -0.197. The predicted molar refractivity (Wildman–Crippen MR) is 42.8 cm³/mol. The summed E-state index contributed by atoms with van der Waals surface area (Å²) in [4.78, 5) is 0. The fraction of sp³-hybridized carbons (Fsp3) is 0. The molecule has 2 aromatic rings. The van der Waals surface area contributed by atoms with Gasteiger partial charge in [0, 0.05) is 19.5 Å². The van der Waals surface area contributed by atoms with Gasteiger partial charge in [-0.15, -0.1) is 0 Å². The number of halogens is 1. The monoisotopic (exact) mass is 270 g/mol. The summed E-state index contributed by atoms with van der Waals surface area (Å²) >= 11 is 0. The van der Waals surface area contributed by atoms with Gasteiger partial charge in [0.05, 0.1) is 0 Å². The molecule has 0 aliphatic rings. The van der Waals surface area contributed by atoms with Crippen molar-refractivity contribution < 1.29 is 36.5 Å². The molecule has 0 fully saturated rings. The maximum atomic E-state index is 3.15. The third kappa shape index (κ3) is 2.40. The van der Waals surface area contributed by atoms with Crippen LogP contribution in [0.15, 0.2) is 42.5 Å². The van der Waals surface area contributed by atoms with Crippen molar-refractivity contribution >= 4 is 10.8 Å². The minimum Gasteiger partial charge on any atom is -1.00 e. The van der Waals surface area contributed by atoms with Crippen molar-refractivity contribution in [3.8, 4) is 0 Å². The van der Waals surface area contributed by atoms with E-state index in [-0.39, 0.29) is 36.5 Å². The average Bonchev–Trinajstić information content (AvgIpc) is 2.05. The van der Waals surface area contributed by atoms with Crippen LogP contribution in [-0.2, 0) is 19.5 Å². The maximum absolute atomic E-state index is 3.15. The Morgan fingerprint density at radius 3 is 2.33 bits per heavy atom. The van der Waals surface area contributed by atoms with Gasteiger partial charge in [-0.1, -0.05) is 42.5 Å². The van der Waals surface area contributed by atoms with Crippen molar-refractivity contribution in [2.24, 2.45) is 0 Å². The maximum Gasteiger partial charge on any atom is 0 e. The van der Waals surface area contributed by atoms with Gasteiger partial charge in [-0.05, 0) is 16.8 Å². The molecule has 0 saturated carbocycles. The predicted octanol–water partition coefficient (Wildman–Crippen LogP) is -0.359. The molecule has 0 heterocycles. The van der Waals surface area contributed by atoms with Crippen LogP contribution in [0.1, 0.15) is 0 Å². The van der Waals surface area contributed by atoms with Gasteiger partial charge in [0.25, 0.3) is 0 Å². The quantitative estimate of drug-likeness (QED) is 0.575. The third-order valence-electron chi connectivity index (χ3n) is 1.57. The minimum absolute atomic E-state index is 0. The van der Waals surface area contributed by atoms with Gasteiger partial charge < -0.3 is 17.0 Å². The molecular weight excluding hydrogens is 265 g/mol. The molecule has 0 bridgehead atoms. The summed E-state index contributed by atoms with van der Waals surface area (Å²) in [6.07, 6.45) is 0. The Balaban J connectivity index is 0.000000605. The topological polar surface area (TPSA) is 0 Å². The van der Waals surface area contributed by atoms with Gasteiger partial charge in [0.15, 0.2) is 0 Å². The second-order valence-electron chi connectivity index (χ2n) is 2.26. The van der Waals surface area contributed by atoms with E-state index in [0.29, 0.717) is 0 Å². The molecule has 2 aromatic carbocycles. The molecule has 0 unspecified atom stereocenters. The van der Waals surface area contributed by atoms with Crippen LogP contribution < -0.4 is 17.0 Å². The normalized spacial score (nSPS) is 8.33. The van der Waals surface area contributed by atoms with Crippen LogP contribution in [0, 0.1) is 6.07 Å². The molecule has 0 spiro atoms. The Morgan fingerprint density at radius 2 is 1.58 bits per heavy atom. The van der Waals surface area contributed by atoms with Gasteiger partial charge >= 0.3 is 0 Å². The SMILES string of the molecule is [Br-].[Zn].[c]1cccc2ccccc12. The van der Waals surface area contributed by atoms with E-state index >= 15 is 0 Å². The first-order valence-corrected chi connectivity index (χ1v) is 3.32. The van der Waals surface area contributed by atoms with Gasteiger partial charge in [0.1, 0.15) is 0 Å². The molecule has 0 amide bonds. The van der Waals surface area contributed by atoms with Crippen LogP contribution in [0.4, 0.5) is 0 Å². The zero-order chi connectivity index (χ0) is 6.81. The fourth-order valence-corrected chi connectivity index (χ4v) is 1.06. The zero-order valence-corrected chi connectivity index (χ0v) is 11.2. The summed E-state index contributed by atoms with van der Waals surface area (Å²) in [7, 11) is 0. The Bertz CT molecular complexity index is 281. The van der Waals surface area contributed by atoms with Gasteiger partial charge in [0.2, 0.25) is 0 Å². The van der Waals surface area contributed by atoms with E-state index in [0.717, 1.165) is 0 Å². The first kappa shape index (κ1) is 11.8. The number of fused-ring (bicyclic) bond motifs is 1. The van der Waals surface area contributed by atoms with Crippen molar-refractivity contribution in [1.82, 2.24) is 0 Å². The van der Waals surface area contributed by atoms with Gasteiger partial charge in [-0.2, -0.15) is 0 Å². The number of hydrogen-bond donors (Lipinski definition) is 0. The van der Waals surface area contributed by atoms with Crippen molar-refractivity contribution in [2.75, 3.05) is 0 Å². The average molecular weight is 272 g/mol. The molecule has 0 aromatic heterocycles. The number of benzene rings is 2. The fourth-order valence-electron chi connectivity index (χ4n) is 1.06.